The Morgan fingerprint density at radius 2 is 1.96 bits per heavy atom. The highest BCUT2D eigenvalue weighted by Gasteiger charge is 2.35. The normalized spacial score (nSPS) is 18.5. The molecule has 1 aromatic rings. The van der Waals surface area contributed by atoms with E-state index in [1.54, 1.807) is 17.0 Å². The minimum absolute atomic E-state index is 0.0343. The zero-order valence-electron chi connectivity index (χ0n) is 14.5. The van der Waals surface area contributed by atoms with Crippen LogP contribution in [0.2, 0.25) is 0 Å². The van der Waals surface area contributed by atoms with Crippen molar-refractivity contribution in [1.29, 1.82) is 0 Å². The van der Waals surface area contributed by atoms with Crippen LogP contribution in [0.25, 0.3) is 0 Å². The van der Waals surface area contributed by atoms with Gasteiger partial charge in [0.1, 0.15) is 5.82 Å². The average molecular weight is 349 g/mol. The van der Waals surface area contributed by atoms with Gasteiger partial charge in [-0.05, 0) is 38.0 Å². The van der Waals surface area contributed by atoms with Crippen molar-refractivity contribution in [2.75, 3.05) is 13.1 Å². The van der Waals surface area contributed by atoms with E-state index in [-0.39, 0.29) is 36.6 Å². The van der Waals surface area contributed by atoms with E-state index in [4.69, 9.17) is 5.73 Å². The molecule has 2 atom stereocenters. The third-order valence-electron chi connectivity index (χ3n) is 4.47. The largest absolute Gasteiger partial charge is 0.369 e. The lowest BCUT2D eigenvalue weighted by Gasteiger charge is -2.21. The van der Waals surface area contributed by atoms with Gasteiger partial charge in [0.25, 0.3) is 0 Å². The minimum atomic E-state index is -0.590. The van der Waals surface area contributed by atoms with Gasteiger partial charge in [-0.25, -0.2) is 4.39 Å². The maximum atomic E-state index is 12.9. The summed E-state index contributed by atoms with van der Waals surface area (Å²) in [6.07, 6.45) is 0.501. The number of carbonyl (C=O) groups is 3. The maximum Gasteiger partial charge on any atom is 0.225 e. The summed E-state index contributed by atoms with van der Waals surface area (Å²) >= 11 is 0. The van der Waals surface area contributed by atoms with Crippen LogP contribution in [-0.2, 0) is 20.8 Å². The number of primary amides is 1. The van der Waals surface area contributed by atoms with Crippen molar-refractivity contribution in [2.24, 2.45) is 17.6 Å². The molecule has 0 unspecified atom stereocenters. The van der Waals surface area contributed by atoms with Crippen molar-refractivity contribution in [3.05, 3.63) is 35.6 Å². The molecule has 0 spiro atoms. The molecule has 1 heterocycles. The fraction of sp³-hybridized carbons (Fsp3) is 0.500. The Balaban J connectivity index is 1.90. The van der Waals surface area contributed by atoms with E-state index >= 15 is 0 Å². The topological polar surface area (TPSA) is 92.5 Å². The SMILES string of the molecule is CC(C)N1C[C@@H](C(=O)NC[C@@H](Cc2ccc(F)cc2)C(N)=O)CC1=O. The van der Waals surface area contributed by atoms with Crippen LogP contribution >= 0.6 is 0 Å². The Hall–Kier alpha value is -2.44. The number of carbonyl (C=O) groups excluding carboxylic acids is 3. The Labute approximate surface area is 146 Å². The number of nitrogens with zero attached hydrogens (tertiary/aromatic N) is 1. The predicted molar refractivity (Wildman–Crippen MR) is 90.8 cm³/mol. The van der Waals surface area contributed by atoms with Crippen LogP contribution in [0.15, 0.2) is 24.3 Å². The van der Waals surface area contributed by atoms with Crippen molar-refractivity contribution in [3.63, 3.8) is 0 Å². The van der Waals surface area contributed by atoms with Gasteiger partial charge in [0.05, 0.1) is 11.8 Å². The van der Waals surface area contributed by atoms with Gasteiger partial charge in [0.15, 0.2) is 0 Å². The lowest BCUT2D eigenvalue weighted by Crippen LogP contribution is -2.40. The van der Waals surface area contributed by atoms with Gasteiger partial charge in [-0.3, -0.25) is 14.4 Å². The second kappa shape index (κ2) is 8.09. The number of nitrogens with one attached hydrogen (secondary N) is 1. The molecule has 0 aliphatic carbocycles. The molecular weight excluding hydrogens is 325 g/mol. The first-order valence-corrected chi connectivity index (χ1v) is 8.39. The minimum Gasteiger partial charge on any atom is -0.369 e. The number of amides is 3. The van der Waals surface area contributed by atoms with E-state index in [2.05, 4.69) is 5.32 Å². The number of nitrogens with two attached hydrogens (primary N) is 1. The Morgan fingerprint density at radius 1 is 1.32 bits per heavy atom. The molecule has 1 aliphatic heterocycles. The monoisotopic (exact) mass is 349 g/mol. The molecule has 1 aromatic carbocycles. The van der Waals surface area contributed by atoms with Crippen molar-refractivity contribution in [3.8, 4) is 0 Å². The van der Waals surface area contributed by atoms with E-state index in [1.165, 1.54) is 12.1 Å². The molecule has 0 bridgehead atoms. The van der Waals surface area contributed by atoms with Crippen LogP contribution in [0, 0.1) is 17.7 Å². The standard InChI is InChI=1S/C18H24FN3O3/c1-11(2)22-10-14(8-16(22)23)18(25)21-9-13(17(20)24)7-12-3-5-15(19)6-4-12/h3-6,11,13-14H,7-10H2,1-2H3,(H2,20,24)(H,21,25)/t13-,14+/m1/s1. The lowest BCUT2D eigenvalue weighted by molar-refractivity contribution is -0.130. The summed E-state index contributed by atoms with van der Waals surface area (Å²) in [4.78, 5) is 37.5. The summed E-state index contributed by atoms with van der Waals surface area (Å²) in [5.41, 5.74) is 6.18. The van der Waals surface area contributed by atoms with Gasteiger partial charge in [-0.2, -0.15) is 0 Å². The van der Waals surface area contributed by atoms with Crippen molar-refractivity contribution in [1.82, 2.24) is 10.2 Å². The van der Waals surface area contributed by atoms with E-state index in [1.807, 2.05) is 13.8 Å². The Bertz CT molecular complexity index is 645. The third kappa shape index (κ3) is 5.01. The van der Waals surface area contributed by atoms with Crippen LogP contribution in [0.1, 0.15) is 25.8 Å². The highest BCUT2D eigenvalue weighted by Crippen LogP contribution is 2.20. The van der Waals surface area contributed by atoms with Crippen molar-refractivity contribution in [2.45, 2.75) is 32.7 Å². The second-order valence-corrected chi connectivity index (χ2v) is 6.72. The second-order valence-electron chi connectivity index (χ2n) is 6.72. The maximum absolute atomic E-state index is 12.9. The van der Waals surface area contributed by atoms with Crippen molar-refractivity contribution >= 4 is 17.7 Å². The smallest absolute Gasteiger partial charge is 0.225 e. The predicted octanol–water partition coefficient (Wildman–Crippen LogP) is 0.843. The number of halogens is 1. The molecule has 0 aromatic heterocycles. The van der Waals surface area contributed by atoms with Crippen molar-refractivity contribution < 1.29 is 18.8 Å². The van der Waals surface area contributed by atoms with Crippen LogP contribution in [0.5, 0.6) is 0 Å². The Kier molecular flexibility index (Phi) is 6.12. The molecule has 0 radical (unpaired) electrons. The molecule has 7 heteroatoms. The molecular formula is C18H24FN3O3. The first kappa shape index (κ1) is 18.9. The molecule has 136 valence electrons. The van der Waals surface area contributed by atoms with E-state index in [9.17, 15) is 18.8 Å². The molecule has 25 heavy (non-hydrogen) atoms. The molecule has 3 N–H and O–H groups in total. The fourth-order valence-electron chi connectivity index (χ4n) is 2.95. The summed E-state index contributed by atoms with van der Waals surface area (Å²) in [5.74, 6) is -2.17. The molecule has 1 fully saturated rings. The van der Waals surface area contributed by atoms with Crippen LogP contribution in [-0.4, -0.2) is 41.8 Å². The first-order valence-electron chi connectivity index (χ1n) is 8.39. The number of hydrogen-bond donors (Lipinski definition) is 2. The molecule has 0 saturated carbocycles. The van der Waals surface area contributed by atoms with Gasteiger partial charge in [-0.15, -0.1) is 0 Å². The lowest BCUT2D eigenvalue weighted by atomic mass is 9.98. The number of rotatable bonds is 7. The van der Waals surface area contributed by atoms with E-state index < -0.39 is 17.7 Å². The fourth-order valence-corrected chi connectivity index (χ4v) is 2.95. The zero-order valence-corrected chi connectivity index (χ0v) is 14.5. The molecule has 1 saturated heterocycles. The summed E-state index contributed by atoms with van der Waals surface area (Å²) < 4.78 is 12.9. The third-order valence-corrected chi connectivity index (χ3v) is 4.47. The summed E-state index contributed by atoms with van der Waals surface area (Å²) in [6, 6.07) is 5.86. The van der Waals surface area contributed by atoms with Crippen LogP contribution in [0.4, 0.5) is 4.39 Å². The highest BCUT2D eigenvalue weighted by molar-refractivity contribution is 5.89. The van der Waals surface area contributed by atoms with Gasteiger partial charge in [0.2, 0.25) is 17.7 Å². The zero-order chi connectivity index (χ0) is 18.6. The summed E-state index contributed by atoms with van der Waals surface area (Å²) in [7, 11) is 0. The number of likely N-dealkylation sites (tertiary alicyclic amines) is 1. The Morgan fingerprint density at radius 3 is 2.48 bits per heavy atom. The van der Waals surface area contributed by atoms with Crippen LogP contribution < -0.4 is 11.1 Å². The molecule has 1 aliphatic rings. The van der Waals surface area contributed by atoms with Crippen LogP contribution in [0.3, 0.4) is 0 Å². The number of hydrogen-bond acceptors (Lipinski definition) is 3. The average Bonchev–Trinajstić information content (AvgIpc) is 2.95. The van der Waals surface area contributed by atoms with E-state index in [0.717, 1.165) is 5.56 Å². The number of benzene rings is 1. The van der Waals surface area contributed by atoms with Gasteiger partial charge < -0.3 is 16.0 Å². The first-order chi connectivity index (χ1) is 11.8. The quantitative estimate of drug-likeness (QED) is 0.764. The molecule has 6 nitrogen and oxygen atoms in total. The van der Waals surface area contributed by atoms with Gasteiger partial charge in [-0.1, -0.05) is 12.1 Å². The summed E-state index contributed by atoms with van der Waals surface area (Å²) in [5, 5.41) is 2.72. The summed E-state index contributed by atoms with van der Waals surface area (Å²) in [6.45, 7) is 4.30. The molecule has 2 rings (SSSR count). The van der Waals surface area contributed by atoms with E-state index in [0.29, 0.717) is 13.0 Å². The highest BCUT2D eigenvalue weighted by atomic mass is 19.1. The van der Waals surface area contributed by atoms with Gasteiger partial charge >= 0.3 is 0 Å². The molecule has 3 amide bonds. The van der Waals surface area contributed by atoms with Gasteiger partial charge in [0, 0.05) is 25.6 Å².